The zero-order valence-corrected chi connectivity index (χ0v) is 14.0. The zero-order chi connectivity index (χ0) is 16.8. The van der Waals surface area contributed by atoms with Gasteiger partial charge in [0.05, 0.1) is 24.7 Å². The smallest absolute Gasteiger partial charge is 0.334 e. The number of hydrogen-bond acceptors (Lipinski definition) is 5. The van der Waals surface area contributed by atoms with Gasteiger partial charge in [0.1, 0.15) is 6.61 Å². The molecule has 0 N–H and O–H groups in total. The van der Waals surface area contributed by atoms with Crippen molar-refractivity contribution in [1.82, 2.24) is 0 Å². The number of allylic oxidation sites excluding steroid dienone is 3. The number of cyclic esters (lactones) is 1. The normalized spacial score (nSPS) is 49.4. The second-order valence-corrected chi connectivity index (χ2v) is 8.17. The van der Waals surface area contributed by atoms with E-state index in [2.05, 4.69) is 13.0 Å². The molecular weight excluding hydrogens is 320 g/mol. The van der Waals surface area contributed by atoms with E-state index in [0.717, 1.165) is 24.0 Å². The molecule has 6 rings (SSSR count). The maximum atomic E-state index is 12.3. The van der Waals surface area contributed by atoms with Crippen molar-refractivity contribution in [2.75, 3.05) is 6.61 Å². The molecule has 130 valence electrons. The van der Waals surface area contributed by atoms with Crippen molar-refractivity contribution >= 4 is 5.97 Å². The Hall–Kier alpha value is -1.85. The number of fused-ring (bicyclic) bond motifs is 1. The van der Waals surface area contributed by atoms with Crippen LogP contribution in [-0.4, -0.2) is 25.0 Å². The Kier molecular flexibility index (Phi) is 2.56. The summed E-state index contributed by atoms with van der Waals surface area (Å²) in [6.45, 7) is 2.74. The Morgan fingerprint density at radius 1 is 1.24 bits per heavy atom. The van der Waals surface area contributed by atoms with E-state index in [1.54, 1.807) is 12.5 Å². The first kappa shape index (κ1) is 14.3. The summed E-state index contributed by atoms with van der Waals surface area (Å²) >= 11 is 0. The van der Waals surface area contributed by atoms with Crippen molar-refractivity contribution in [1.29, 1.82) is 0 Å². The van der Waals surface area contributed by atoms with Crippen LogP contribution in [0.5, 0.6) is 0 Å². The molecule has 2 spiro atoms. The first-order valence-electron chi connectivity index (χ1n) is 9.04. The zero-order valence-electron chi connectivity index (χ0n) is 14.0. The molecule has 0 unspecified atom stereocenters. The quantitative estimate of drug-likeness (QED) is 0.735. The van der Waals surface area contributed by atoms with E-state index in [0.29, 0.717) is 12.5 Å². The Balaban J connectivity index is 1.48. The lowest BCUT2D eigenvalue weighted by atomic mass is 9.48. The van der Waals surface area contributed by atoms with Gasteiger partial charge in [0.2, 0.25) is 0 Å². The summed E-state index contributed by atoms with van der Waals surface area (Å²) in [5.74, 6) is 0.411. The summed E-state index contributed by atoms with van der Waals surface area (Å²) in [5, 5.41) is 0. The minimum absolute atomic E-state index is 0.0249. The van der Waals surface area contributed by atoms with E-state index in [1.807, 2.05) is 18.2 Å². The molecule has 5 aliphatic rings. The van der Waals surface area contributed by atoms with E-state index in [9.17, 15) is 4.79 Å². The highest BCUT2D eigenvalue weighted by atomic mass is 16.7. The number of carbonyl (C=O) groups excluding carboxylic acids is 1. The third-order valence-electron chi connectivity index (χ3n) is 7.41. The van der Waals surface area contributed by atoms with Gasteiger partial charge in [0.25, 0.3) is 0 Å². The Bertz CT molecular complexity index is 808. The molecule has 1 saturated carbocycles. The van der Waals surface area contributed by atoms with Crippen LogP contribution in [0.25, 0.3) is 0 Å². The molecule has 0 radical (unpaired) electrons. The fourth-order valence-corrected chi connectivity index (χ4v) is 6.20. The van der Waals surface area contributed by atoms with Gasteiger partial charge in [-0.1, -0.05) is 25.2 Å². The number of hydrogen-bond donors (Lipinski definition) is 0. The average Bonchev–Trinajstić information content (AvgIpc) is 3.34. The van der Waals surface area contributed by atoms with Crippen LogP contribution >= 0.6 is 0 Å². The molecular formula is C20H20O5. The molecule has 3 aliphatic heterocycles. The Labute approximate surface area is 145 Å². The third kappa shape index (κ3) is 1.51. The summed E-state index contributed by atoms with van der Waals surface area (Å²) in [7, 11) is 0. The number of ether oxygens (including phenoxy) is 3. The van der Waals surface area contributed by atoms with E-state index >= 15 is 0 Å². The Morgan fingerprint density at radius 2 is 2.16 bits per heavy atom. The fourth-order valence-electron chi connectivity index (χ4n) is 6.20. The summed E-state index contributed by atoms with van der Waals surface area (Å²) in [4.78, 5) is 12.3. The molecule has 4 heterocycles. The van der Waals surface area contributed by atoms with E-state index in [4.69, 9.17) is 18.6 Å². The van der Waals surface area contributed by atoms with Gasteiger partial charge in [-0.3, -0.25) is 0 Å². The minimum Gasteiger partial charge on any atom is -0.472 e. The predicted octanol–water partition coefficient (Wildman–Crippen LogP) is 3.15. The first-order valence-corrected chi connectivity index (χ1v) is 9.04. The van der Waals surface area contributed by atoms with Crippen molar-refractivity contribution in [2.24, 2.45) is 22.7 Å². The SMILES string of the molecule is C[C@H]1[C@@H]2C[C@@]34COC(=O)C3=CC=C[C@H]4[C@]13C[C@@H](c1ccoc1)O[C@@H]3O2. The molecule has 0 aromatic carbocycles. The average molecular weight is 340 g/mol. The van der Waals surface area contributed by atoms with Crippen molar-refractivity contribution < 1.29 is 23.4 Å². The van der Waals surface area contributed by atoms with Crippen LogP contribution in [-0.2, 0) is 19.0 Å². The van der Waals surface area contributed by atoms with Crippen LogP contribution in [0.1, 0.15) is 31.4 Å². The lowest BCUT2D eigenvalue weighted by Gasteiger charge is -2.52. The van der Waals surface area contributed by atoms with Crippen molar-refractivity contribution in [3.63, 3.8) is 0 Å². The van der Waals surface area contributed by atoms with Gasteiger partial charge in [0.15, 0.2) is 6.29 Å². The highest BCUT2D eigenvalue weighted by Gasteiger charge is 2.73. The van der Waals surface area contributed by atoms with Crippen molar-refractivity contribution in [3.05, 3.63) is 48.0 Å². The lowest BCUT2D eigenvalue weighted by Crippen LogP contribution is -2.54. The van der Waals surface area contributed by atoms with Crippen LogP contribution in [0.4, 0.5) is 0 Å². The van der Waals surface area contributed by atoms with Crippen LogP contribution in [0.2, 0.25) is 0 Å². The van der Waals surface area contributed by atoms with E-state index in [-0.39, 0.29) is 41.2 Å². The van der Waals surface area contributed by atoms with Crippen LogP contribution in [0.15, 0.2) is 46.8 Å². The molecule has 2 aliphatic carbocycles. The van der Waals surface area contributed by atoms with Crippen molar-refractivity contribution in [3.8, 4) is 0 Å². The summed E-state index contributed by atoms with van der Waals surface area (Å²) < 4.78 is 23.5. The fraction of sp³-hybridized carbons (Fsp3) is 0.550. The van der Waals surface area contributed by atoms with Crippen molar-refractivity contribution in [2.45, 2.75) is 38.3 Å². The molecule has 0 amide bonds. The van der Waals surface area contributed by atoms with Crippen LogP contribution in [0.3, 0.4) is 0 Å². The van der Waals surface area contributed by atoms with E-state index in [1.165, 1.54) is 0 Å². The molecule has 5 heteroatoms. The molecule has 1 aromatic heterocycles. The van der Waals surface area contributed by atoms with Gasteiger partial charge in [-0.25, -0.2) is 4.79 Å². The Morgan fingerprint density at radius 3 is 3.00 bits per heavy atom. The first-order chi connectivity index (χ1) is 12.1. The monoisotopic (exact) mass is 340 g/mol. The van der Waals surface area contributed by atoms with Gasteiger partial charge < -0.3 is 18.6 Å². The number of rotatable bonds is 1. The van der Waals surface area contributed by atoms with Gasteiger partial charge in [-0.05, 0) is 24.8 Å². The number of carbonyl (C=O) groups is 1. The van der Waals surface area contributed by atoms with Gasteiger partial charge in [0, 0.05) is 27.9 Å². The summed E-state index contributed by atoms with van der Waals surface area (Å²) in [5.41, 5.74) is 1.50. The van der Waals surface area contributed by atoms with Crippen LogP contribution < -0.4 is 0 Å². The van der Waals surface area contributed by atoms with Crippen LogP contribution in [0, 0.1) is 22.7 Å². The lowest BCUT2D eigenvalue weighted by molar-refractivity contribution is -0.149. The third-order valence-corrected chi connectivity index (χ3v) is 7.41. The minimum atomic E-state index is -0.258. The maximum Gasteiger partial charge on any atom is 0.334 e. The van der Waals surface area contributed by atoms with Gasteiger partial charge in [-0.2, -0.15) is 0 Å². The van der Waals surface area contributed by atoms with Gasteiger partial charge >= 0.3 is 5.97 Å². The molecule has 7 atom stereocenters. The molecule has 5 nitrogen and oxygen atoms in total. The number of esters is 1. The predicted molar refractivity (Wildman–Crippen MR) is 86.1 cm³/mol. The number of furan rings is 1. The summed E-state index contributed by atoms with van der Waals surface area (Å²) in [6.07, 6.45) is 11.2. The second kappa shape index (κ2) is 4.46. The molecule has 4 fully saturated rings. The second-order valence-electron chi connectivity index (χ2n) is 8.17. The highest BCUT2D eigenvalue weighted by molar-refractivity contribution is 5.93. The maximum absolute atomic E-state index is 12.3. The highest BCUT2D eigenvalue weighted by Crippen LogP contribution is 2.71. The molecule has 25 heavy (non-hydrogen) atoms. The topological polar surface area (TPSA) is 57.9 Å². The molecule has 3 saturated heterocycles. The van der Waals surface area contributed by atoms with Gasteiger partial charge in [-0.15, -0.1) is 0 Å². The van der Waals surface area contributed by atoms with E-state index < -0.39 is 0 Å². The molecule has 2 bridgehead atoms. The standard InChI is InChI=1S/C20H20O5/c1-11-14-7-19-10-23-17(21)13(19)3-2-4-16(19)20(11)8-15(25-18(20)24-14)12-5-6-22-9-12/h2-6,9,11,14-16,18H,7-8,10H2,1H3/t11-,14-,15-,16+,18-,19+,20-/m0/s1. The largest absolute Gasteiger partial charge is 0.472 e. The molecule has 1 aromatic rings. The summed E-state index contributed by atoms with van der Waals surface area (Å²) in [6, 6.07) is 1.97.